The van der Waals surface area contributed by atoms with Gasteiger partial charge in [0.25, 0.3) is 0 Å². The van der Waals surface area contributed by atoms with Crippen molar-refractivity contribution in [3.8, 4) is 0 Å². The van der Waals surface area contributed by atoms with Gasteiger partial charge >= 0.3 is 17.9 Å². The Morgan fingerprint density at radius 3 is 1.03 bits per heavy atom. The van der Waals surface area contributed by atoms with Crippen molar-refractivity contribution in [2.45, 2.75) is 264 Å². The van der Waals surface area contributed by atoms with E-state index >= 15 is 0 Å². The molecule has 0 saturated carbocycles. The summed E-state index contributed by atoms with van der Waals surface area (Å²) in [7, 11) is 0. The van der Waals surface area contributed by atoms with Crippen molar-refractivity contribution >= 4 is 17.9 Å². The first-order valence-corrected chi connectivity index (χ1v) is 26.9. The number of carbonyl (C=O) groups is 3. The van der Waals surface area contributed by atoms with Gasteiger partial charge in [0, 0.05) is 19.3 Å². The minimum atomic E-state index is -0.784. The van der Waals surface area contributed by atoms with Crippen LogP contribution in [0.3, 0.4) is 0 Å². The molecule has 0 amide bonds. The van der Waals surface area contributed by atoms with E-state index in [9.17, 15) is 14.4 Å². The maximum atomic E-state index is 12.8. The predicted molar refractivity (Wildman–Crippen MR) is 274 cm³/mol. The van der Waals surface area contributed by atoms with E-state index in [2.05, 4.69) is 93.7 Å². The molecule has 0 aromatic rings. The molecule has 0 spiro atoms. The summed E-state index contributed by atoms with van der Waals surface area (Å²) in [5.41, 5.74) is 0. The number of allylic oxidation sites excluding steroid dienone is 12. The summed E-state index contributed by atoms with van der Waals surface area (Å²) >= 11 is 0. The molecule has 0 bridgehead atoms. The smallest absolute Gasteiger partial charge is 0.306 e. The fourth-order valence-electron chi connectivity index (χ4n) is 7.41. The third-order valence-electron chi connectivity index (χ3n) is 11.4. The zero-order valence-corrected chi connectivity index (χ0v) is 42.0. The van der Waals surface area contributed by atoms with Crippen LogP contribution in [0, 0.1) is 0 Å². The summed E-state index contributed by atoms with van der Waals surface area (Å²) in [6.07, 6.45) is 66.0. The van der Waals surface area contributed by atoms with Gasteiger partial charge in [-0.25, -0.2) is 0 Å². The highest BCUT2D eigenvalue weighted by Crippen LogP contribution is 2.15. The van der Waals surface area contributed by atoms with Gasteiger partial charge in [0.05, 0.1) is 0 Å². The predicted octanol–water partition coefficient (Wildman–Crippen LogP) is 17.8. The van der Waals surface area contributed by atoms with Gasteiger partial charge in [-0.3, -0.25) is 14.4 Å². The average molecular weight is 893 g/mol. The standard InChI is InChI=1S/C58H100O6/c1-4-7-10-13-16-19-22-24-26-27-28-29-30-31-33-34-36-39-42-45-48-51-57(60)63-54-55(53-62-56(59)50-47-44-41-38-21-18-15-12-9-6-3)64-58(61)52-49-46-43-40-37-35-32-25-23-20-17-14-11-8-5-2/h7,10,12,15-16,19,24,26,28-29,31,33,55H,4-6,8-9,11,13-14,17-18,20-23,25,27,30,32,34-54H2,1-3H3/b10-7-,15-12-,19-16-,26-24-,29-28-,33-31-. The fraction of sp³-hybridized carbons (Fsp3) is 0.741. The molecular formula is C58H100O6. The molecule has 368 valence electrons. The highest BCUT2D eigenvalue weighted by molar-refractivity contribution is 5.71. The zero-order valence-electron chi connectivity index (χ0n) is 42.0. The molecule has 6 heteroatoms. The molecular weight excluding hydrogens is 793 g/mol. The van der Waals surface area contributed by atoms with Gasteiger partial charge in [-0.05, 0) is 83.5 Å². The van der Waals surface area contributed by atoms with Crippen molar-refractivity contribution in [1.82, 2.24) is 0 Å². The first-order chi connectivity index (χ1) is 31.5. The molecule has 0 aliphatic rings. The molecule has 0 aromatic heterocycles. The largest absolute Gasteiger partial charge is 0.462 e. The number of hydrogen-bond acceptors (Lipinski definition) is 6. The molecule has 0 fully saturated rings. The van der Waals surface area contributed by atoms with Gasteiger partial charge in [0.1, 0.15) is 13.2 Å². The number of carbonyl (C=O) groups excluding carboxylic acids is 3. The summed E-state index contributed by atoms with van der Waals surface area (Å²) in [5.74, 6) is -0.908. The highest BCUT2D eigenvalue weighted by Gasteiger charge is 2.19. The second-order valence-corrected chi connectivity index (χ2v) is 17.8. The van der Waals surface area contributed by atoms with E-state index in [0.29, 0.717) is 19.3 Å². The van der Waals surface area contributed by atoms with Crippen molar-refractivity contribution in [3.05, 3.63) is 72.9 Å². The Labute approximate surface area is 395 Å². The van der Waals surface area contributed by atoms with Crippen LogP contribution in [0.25, 0.3) is 0 Å². The quantitative estimate of drug-likeness (QED) is 0.0262. The van der Waals surface area contributed by atoms with Crippen LogP contribution in [0.5, 0.6) is 0 Å². The van der Waals surface area contributed by atoms with Crippen LogP contribution in [0.1, 0.15) is 258 Å². The van der Waals surface area contributed by atoms with Crippen LogP contribution in [-0.4, -0.2) is 37.2 Å². The molecule has 64 heavy (non-hydrogen) atoms. The van der Waals surface area contributed by atoms with E-state index in [0.717, 1.165) is 122 Å². The van der Waals surface area contributed by atoms with Gasteiger partial charge in [-0.1, -0.05) is 229 Å². The summed E-state index contributed by atoms with van der Waals surface area (Å²) in [6.45, 7) is 6.45. The van der Waals surface area contributed by atoms with Crippen molar-refractivity contribution in [1.29, 1.82) is 0 Å². The van der Waals surface area contributed by atoms with Gasteiger partial charge < -0.3 is 14.2 Å². The SMILES string of the molecule is CC/C=C\C/C=C\C/C=C\C/C=C\C/C=C\CCCCCCCC(=O)OCC(COC(=O)CCCCCCC/C=C\CCC)OC(=O)CCCCCCCCCCCCCCCCC. The van der Waals surface area contributed by atoms with E-state index < -0.39 is 6.10 Å². The van der Waals surface area contributed by atoms with Crippen LogP contribution < -0.4 is 0 Å². The first-order valence-electron chi connectivity index (χ1n) is 26.9. The summed E-state index contributed by atoms with van der Waals surface area (Å²) in [4.78, 5) is 38.0. The number of rotatable bonds is 48. The number of ether oxygens (including phenoxy) is 3. The van der Waals surface area contributed by atoms with Gasteiger partial charge in [0.2, 0.25) is 0 Å². The Bertz CT molecular complexity index is 1210. The zero-order chi connectivity index (χ0) is 46.5. The van der Waals surface area contributed by atoms with E-state index in [4.69, 9.17) is 14.2 Å². The van der Waals surface area contributed by atoms with Crippen LogP contribution in [0.2, 0.25) is 0 Å². The highest BCUT2D eigenvalue weighted by atomic mass is 16.6. The molecule has 1 atom stereocenters. The lowest BCUT2D eigenvalue weighted by Gasteiger charge is -2.18. The van der Waals surface area contributed by atoms with Crippen molar-refractivity contribution in [3.63, 3.8) is 0 Å². The van der Waals surface area contributed by atoms with Gasteiger partial charge in [-0.2, -0.15) is 0 Å². The van der Waals surface area contributed by atoms with Crippen molar-refractivity contribution < 1.29 is 28.6 Å². The Morgan fingerprint density at radius 1 is 0.328 bits per heavy atom. The Kier molecular flexibility index (Phi) is 49.9. The first kappa shape index (κ1) is 60.9. The minimum absolute atomic E-state index is 0.0846. The van der Waals surface area contributed by atoms with E-state index in [1.807, 2.05) is 0 Å². The molecule has 0 aliphatic carbocycles. The second kappa shape index (κ2) is 52.5. The van der Waals surface area contributed by atoms with Gasteiger partial charge in [0.15, 0.2) is 6.10 Å². The van der Waals surface area contributed by atoms with Crippen molar-refractivity contribution in [2.24, 2.45) is 0 Å². The number of esters is 3. The normalized spacial score (nSPS) is 12.6. The lowest BCUT2D eigenvalue weighted by molar-refractivity contribution is -0.167. The molecule has 0 aromatic carbocycles. The third kappa shape index (κ3) is 49.9. The summed E-state index contributed by atoms with van der Waals surface area (Å²) in [5, 5.41) is 0. The van der Waals surface area contributed by atoms with Crippen molar-refractivity contribution in [2.75, 3.05) is 13.2 Å². The molecule has 0 radical (unpaired) electrons. The van der Waals surface area contributed by atoms with Gasteiger partial charge in [-0.15, -0.1) is 0 Å². The summed E-state index contributed by atoms with van der Waals surface area (Å²) in [6, 6.07) is 0. The third-order valence-corrected chi connectivity index (χ3v) is 11.4. The lowest BCUT2D eigenvalue weighted by atomic mass is 10.0. The molecule has 0 rings (SSSR count). The molecule has 1 unspecified atom stereocenters. The Balaban J connectivity index is 4.35. The number of unbranched alkanes of at least 4 members (excludes halogenated alkanes) is 25. The molecule has 0 N–H and O–H groups in total. The number of hydrogen-bond donors (Lipinski definition) is 0. The second-order valence-electron chi connectivity index (χ2n) is 17.8. The average Bonchev–Trinajstić information content (AvgIpc) is 3.29. The van der Waals surface area contributed by atoms with Crippen LogP contribution >= 0.6 is 0 Å². The topological polar surface area (TPSA) is 78.9 Å². The monoisotopic (exact) mass is 893 g/mol. The minimum Gasteiger partial charge on any atom is -0.462 e. The molecule has 0 saturated heterocycles. The Hall–Kier alpha value is -3.15. The van der Waals surface area contributed by atoms with E-state index in [-0.39, 0.29) is 31.1 Å². The summed E-state index contributed by atoms with van der Waals surface area (Å²) < 4.78 is 16.8. The molecule has 0 aliphatic heterocycles. The fourth-order valence-corrected chi connectivity index (χ4v) is 7.41. The van der Waals surface area contributed by atoms with Crippen LogP contribution in [-0.2, 0) is 28.6 Å². The van der Waals surface area contributed by atoms with Crippen LogP contribution in [0.15, 0.2) is 72.9 Å². The molecule has 6 nitrogen and oxygen atoms in total. The lowest BCUT2D eigenvalue weighted by Crippen LogP contribution is -2.30. The maximum Gasteiger partial charge on any atom is 0.306 e. The maximum absolute atomic E-state index is 12.8. The van der Waals surface area contributed by atoms with E-state index in [1.54, 1.807) is 0 Å². The van der Waals surface area contributed by atoms with E-state index in [1.165, 1.54) is 96.3 Å². The Morgan fingerprint density at radius 2 is 0.641 bits per heavy atom. The van der Waals surface area contributed by atoms with Crippen LogP contribution in [0.4, 0.5) is 0 Å². The molecule has 0 heterocycles.